The molecule has 0 unspecified atom stereocenters. The molecule has 0 aromatic heterocycles. The lowest BCUT2D eigenvalue weighted by atomic mass is 10.1. The van der Waals surface area contributed by atoms with Gasteiger partial charge in [0.1, 0.15) is 5.70 Å². The molecule has 0 amide bonds. The van der Waals surface area contributed by atoms with Crippen molar-refractivity contribution in [1.82, 2.24) is 0 Å². The number of halogens is 3. The summed E-state index contributed by atoms with van der Waals surface area (Å²) in [5.41, 5.74) is -1.46. The summed E-state index contributed by atoms with van der Waals surface area (Å²) in [5, 5.41) is 2.32. The van der Waals surface area contributed by atoms with Crippen molar-refractivity contribution in [2.45, 2.75) is 6.18 Å². The fourth-order valence-electron chi connectivity index (χ4n) is 2.47. The number of carbonyl (C=O) groups excluding carboxylic acids is 2. The van der Waals surface area contributed by atoms with E-state index < -0.39 is 29.4 Å². The first-order valence-electron chi connectivity index (χ1n) is 7.95. The molecule has 0 spiro atoms. The second-order valence-corrected chi connectivity index (χ2v) is 5.52. The number of nitrogens with one attached hydrogen (secondary N) is 1. The smallest absolute Gasteiger partial charge is 0.418 e. The van der Waals surface area contributed by atoms with Crippen molar-refractivity contribution in [1.29, 1.82) is 0 Å². The number of methoxy groups -OCH3 is 2. The maximum atomic E-state index is 13.5. The van der Waals surface area contributed by atoms with Crippen molar-refractivity contribution in [2.24, 2.45) is 0 Å². The third kappa shape index (κ3) is 5.36. The molecule has 10 heteroatoms. The van der Waals surface area contributed by atoms with E-state index in [0.717, 1.165) is 26.4 Å². The van der Waals surface area contributed by atoms with Crippen LogP contribution in [0.2, 0.25) is 0 Å². The Balaban J connectivity index is 2.40. The number of hydrogen-bond donors (Lipinski definition) is 1. The highest BCUT2D eigenvalue weighted by Gasteiger charge is 2.35. The molecule has 0 radical (unpaired) electrons. The molecule has 0 atom stereocenters. The zero-order chi connectivity index (χ0) is 20.0. The molecule has 1 fully saturated rings. The van der Waals surface area contributed by atoms with Crippen LogP contribution in [0.4, 0.5) is 24.5 Å². The standard InChI is InChI=1S/C17H19F3N2O5/c1-25-15(23)10-14(16(24)26-2)21-13-4-3-11(9-12(13)17(18,19)20)22-5-7-27-8-6-22/h3-4,9-10,21H,5-8H2,1-2H3/b14-10+. The summed E-state index contributed by atoms with van der Waals surface area (Å²) >= 11 is 0. The number of anilines is 2. The largest absolute Gasteiger partial charge is 0.466 e. The Hall–Kier alpha value is -2.75. The van der Waals surface area contributed by atoms with E-state index >= 15 is 0 Å². The van der Waals surface area contributed by atoms with Gasteiger partial charge in [-0.2, -0.15) is 13.2 Å². The summed E-state index contributed by atoms with van der Waals surface area (Å²) in [5.74, 6) is -1.92. The van der Waals surface area contributed by atoms with Crippen LogP contribution >= 0.6 is 0 Å². The van der Waals surface area contributed by atoms with E-state index in [1.807, 2.05) is 0 Å². The summed E-state index contributed by atoms with van der Waals surface area (Å²) in [6.07, 6.45) is -3.96. The SMILES string of the molecule is COC(=O)/C=C(/Nc1ccc(N2CCOCC2)cc1C(F)(F)F)C(=O)OC. The van der Waals surface area contributed by atoms with E-state index in [9.17, 15) is 22.8 Å². The molecule has 1 N–H and O–H groups in total. The highest BCUT2D eigenvalue weighted by molar-refractivity contribution is 5.99. The number of nitrogens with zero attached hydrogens (tertiary/aromatic N) is 1. The van der Waals surface area contributed by atoms with Crippen LogP contribution in [0.1, 0.15) is 5.56 Å². The quantitative estimate of drug-likeness (QED) is 0.612. The molecule has 2 rings (SSSR count). The monoisotopic (exact) mass is 388 g/mol. The van der Waals surface area contributed by atoms with Gasteiger partial charge in [-0.05, 0) is 18.2 Å². The average molecular weight is 388 g/mol. The predicted molar refractivity (Wildman–Crippen MR) is 90.2 cm³/mol. The second-order valence-electron chi connectivity index (χ2n) is 5.52. The van der Waals surface area contributed by atoms with Gasteiger partial charge in [0, 0.05) is 18.8 Å². The molecule has 0 saturated carbocycles. The first kappa shape index (κ1) is 20.6. The van der Waals surface area contributed by atoms with E-state index in [-0.39, 0.29) is 5.69 Å². The summed E-state index contributed by atoms with van der Waals surface area (Å²) < 4.78 is 54.7. The minimum Gasteiger partial charge on any atom is -0.466 e. The number of ether oxygens (including phenoxy) is 3. The molecule has 7 nitrogen and oxygen atoms in total. The first-order chi connectivity index (χ1) is 12.8. The Morgan fingerprint density at radius 3 is 2.41 bits per heavy atom. The van der Waals surface area contributed by atoms with Gasteiger partial charge in [-0.25, -0.2) is 9.59 Å². The van der Waals surface area contributed by atoms with Gasteiger partial charge in [0.15, 0.2) is 0 Å². The zero-order valence-electron chi connectivity index (χ0n) is 14.8. The van der Waals surface area contributed by atoms with Crippen LogP contribution in [0, 0.1) is 0 Å². The number of alkyl halides is 3. The van der Waals surface area contributed by atoms with Crippen molar-refractivity contribution in [3.63, 3.8) is 0 Å². The molecule has 0 aliphatic carbocycles. The number of esters is 2. The van der Waals surface area contributed by atoms with E-state index in [4.69, 9.17) is 4.74 Å². The third-order valence-electron chi connectivity index (χ3n) is 3.82. The Labute approximate surface area is 153 Å². The molecule has 1 aliphatic heterocycles. The van der Waals surface area contributed by atoms with Crippen molar-refractivity contribution < 1.29 is 37.0 Å². The average Bonchev–Trinajstić information content (AvgIpc) is 2.66. The lowest BCUT2D eigenvalue weighted by Crippen LogP contribution is -2.36. The van der Waals surface area contributed by atoms with Crippen LogP contribution in [0.3, 0.4) is 0 Å². The minimum atomic E-state index is -4.68. The molecule has 148 valence electrons. The van der Waals surface area contributed by atoms with Crippen LogP contribution in [0.25, 0.3) is 0 Å². The Kier molecular flexibility index (Phi) is 6.67. The van der Waals surface area contributed by atoms with Crippen molar-refractivity contribution >= 4 is 23.3 Å². The van der Waals surface area contributed by atoms with E-state index in [0.29, 0.717) is 32.0 Å². The zero-order valence-corrected chi connectivity index (χ0v) is 14.8. The molecule has 1 aliphatic rings. The predicted octanol–water partition coefficient (Wildman–Crippen LogP) is 2.18. The van der Waals surface area contributed by atoms with Gasteiger partial charge in [-0.3, -0.25) is 0 Å². The van der Waals surface area contributed by atoms with Gasteiger partial charge < -0.3 is 24.4 Å². The van der Waals surface area contributed by atoms with Crippen LogP contribution < -0.4 is 10.2 Å². The van der Waals surface area contributed by atoms with Crippen LogP contribution in [0.5, 0.6) is 0 Å². The number of benzene rings is 1. The summed E-state index contributed by atoms with van der Waals surface area (Å²) in [6.45, 7) is 1.80. The molecule has 0 bridgehead atoms. The molecular formula is C17H19F3N2O5. The van der Waals surface area contributed by atoms with Gasteiger partial charge in [0.25, 0.3) is 0 Å². The molecular weight excluding hydrogens is 369 g/mol. The third-order valence-corrected chi connectivity index (χ3v) is 3.82. The Morgan fingerprint density at radius 2 is 1.85 bits per heavy atom. The van der Waals surface area contributed by atoms with Crippen LogP contribution in [-0.2, 0) is 30.0 Å². The minimum absolute atomic E-state index is 0.382. The number of hydrogen-bond acceptors (Lipinski definition) is 7. The highest BCUT2D eigenvalue weighted by Crippen LogP contribution is 2.38. The van der Waals surface area contributed by atoms with Gasteiger partial charge in [0.2, 0.25) is 0 Å². The number of morpholine rings is 1. The van der Waals surface area contributed by atoms with Crippen molar-refractivity contribution in [3.8, 4) is 0 Å². The lowest BCUT2D eigenvalue weighted by Gasteiger charge is -2.29. The lowest BCUT2D eigenvalue weighted by molar-refractivity contribution is -0.138. The number of carbonyl (C=O) groups is 2. The highest BCUT2D eigenvalue weighted by atomic mass is 19.4. The fourth-order valence-corrected chi connectivity index (χ4v) is 2.47. The van der Waals surface area contributed by atoms with Crippen molar-refractivity contribution in [2.75, 3.05) is 50.7 Å². The van der Waals surface area contributed by atoms with E-state index in [2.05, 4.69) is 14.8 Å². The molecule has 1 saturated heterocycles. The maximum Gasteiger partial charge on any atom is 0.418 e. The Morgan fingerprint density at radius 1 is 1.19 bits per heavy atom. The molecule has 1 aromatic carbocycles. The Bertz CT molecular complexity index is 728. The first-order valence-corrected chi connectivity index (χ1v) is 7.95. The van der Waals surface area contributed by atoms with E-state index in [1.54, 1.807) is 4.90 Å². The summed E-state index contributed by atoms with van der Waals surface area (Å²) in [7, 11) is 2.12. The molecule has 27 heavy (non-hydrogen) atoms. The summed E-state index contributed by atoms with van der Waals surface area (Å²) in [6, 6.07) is 3.68. The molecule has 1 heterocycles. The van der Waals surface area contributed by atoms with E-state index in [1.165, 1.54) is 12.1 Å². The van der Waals surface area contributed by atoms with Crippen LogP contribution in [0.15, 0.2) is 30.0 Å². The maximum absolute atomic E-state index is 13.5. The van der Waals surface area contributed by atoms with Gasteiger partial charge in [0.05, 0.1) is 44.8 Å². The van der Waals surface area contributed by atoms with Crippen molar-refractivity contribution in [3.05, 3.63) is 35.5 Å². The summed E-state index contributed by atoms with van der Waals surface area (Å²) in [4.78, 5) is 24.9. The normalized spacial score (nSPS) is 15.3. The number of rotatable bonds is 5. The fraction of sp³-hybridized carbons (Fsp3) is 0.412. The van der Waals surface area contributed by atoms with Gasteiger partial charge >= 0.3 is 18.1 Å². The topological polar surface area (TPSA) is 77.1 Å². The molecule has 1 aromatic rings. The second kappa shape index (κ2) is 8.76. The van der Waals surface area contributed by atoms with Gasteiger partial charge in [-0.1, -0.05) is 0 Å². The van der Waals surface area contributed by atoms with Crippen LogP contribution in [-0.4, -0.2) is 52.5 Å². The van der Waals surface area contributed by atoms with Gasteiger partial charge in [-0.15, -0.1) is 0 Å².